The molecule has 0 amide bonds. The third-order valence-corrected chi connectivity index (χ3v) is 5.16. The summed E-state index contributed by atoms with van der Waals surface area (Å²) in [5.41, 5.74) is 3.00. The van der Waals surface area contributed by atoms with Gasteiger partial charge in [-0.15, -0.1) is 0 Å². The van der Waals surface area contributed by atoms with Crippen molar-refractivity contribution in [1.29, 1.82) is 0 Å². The van der Waals surface area contributed by atoms with Crippen molar-refractivity contribution in [3.8, 4) is 0 Å². The van der Waals surface area contributed by atoms with E-state index >= 15 is 0 Å². The zero-order valence-electron chi connectivity index (χ0n) is 16.4. The highest BCUT2D eigenvalue weighted by Gasteiger charge is 2.59. The Labute approximate surface area is 156 Å². The quantitative estimate of drug-likeness (QED) is 0.510. The average Bonchev–Trinajstić information content (AvgIpc) is 3.36. The number of hydrogen-bond acceptors (Lipinski definition) is 2. The molecule has 0 N–H and O–H groups in total. The van der Waals surface area contributed by atoms with E-state index in [-0.39, 0.29) is 17.3 Å². The van der Waals surface area contributed by atoms with Gasteiger partial charge < -0.3 is 4.74 Å². The molecule has 0 bridgehead atoms. The molecule has 2 nitrogen and oxygen atoms in total. The second kappa shape index (κ2) is 6.75. The Hall–Kier alpha value is -2.35. The van der Waals surface area contributed by atoms with E-state index in [0.29, 0.717) is 0 Å². The van der Waals surface area contributed by atoms with Gasteiger partial charge in [0.15, 0.2) is 0 Å². The van der Waals surface area contributed by atoms with E-state index in [4.69, 9.17) is 4.74 Å². The summed E-state index contributed by atoms with van der Waals surface area (Å²) in [6.45, 7) is 9.75. The maximum Gasteiger partial charge on any atom is 0.316 e. The summed E-state index contributed by atoms with van der Waals surface area (Å²) in [5.74, 6) is 0.844. The minimum absolute atomic E-state index is 0.118. The number of carbonyl (C=O) groups is 1. The van der Waals surface area contributed by atoms with Gasteiger partial charge in [-0.05, 0) is 57.7 Å². The van der Waals surface area contributed by atoms with Gasteiger partial charge in [0.1, 0.15) is 5.76 Å². The van der Waals surface area contributed by atoms with Gasteiger partial charge in [0.2, 0.25) is 0 Å². The van der Waals surface area contributed by atoms with E-state index in [1.165, 1.54) is 11.1 Å². The van der Waals surface area contributed by atoms with Crippen molar-refractivity contribution < 1.29 is 9.53 Å². The van der Waals surface area contributed by atoms with E-state index in [0.717, 1.165) is 17.8 Å². The first kappa shape index (κ1) is 18.4. The fourth-order valence-electron chi connectivity index (χ4n) is 3.63. The Kier molecular flexibility index (Phi) is 4.79. The standard InChI is InChI=1S/C24H28O2/c1-17(2)21(26-22(25)23(3,4)5)20-16-24(20,18-12-8-6-9-13-18)19-14-10-7-11-15-19/h6-15,20H,16H2,1-5H3. The highest BCUT2D eigenvalue weighted by atomic mass is 16.5. The Morgan fingerprint density at radius 1 is 0.923 bits per heavy atom. The first-order valence-corrected chi connectivity index (χ1v) is 9.27. The summed E-state index contributed by atoms with van der Waals surface area (Å²) in [7, 11) is 0. The molecule has 0 saturated heterocycles. The average molecular weight is 348 g/mol. The molecule has 1 atom stereocenters. The molecule has 3 rings (SSSR count). The van der Waals surface area contributed by atoms with E-state index in [1.54, 1.807) is 0 Å². The third-order valence-electron chi connectivity index (χ3n) is 5.16. The van der Waals surface area contributed by atoms with Crippen molar-refractivity contribution in [3.63, 3.8) is 0 Å². The number of carbonyl (C=O) groups excluding carboxylic acids is 1. The van der Waals surface area contributed by atoms with Crippen LogP contribution in [0.1, 0.15) is 52.2 Å². The number of benzene rings is 2. The molecule has 0 aliphatic heterocycles. The van der Waals surface area contributed by atoms with Gasteiger partial charge in [0.05, 0.1) is 5.41 Å². The molecule has 2 aromatic carbocycles. The summed E-state index contributed by atoms with van der Waals surface area (Å²) in [6.07, 6.45) is 0.957. The van der Waals surface area contributed by atoms with Crippen LogP contribution in [0.15, 0.2) is 72.0 Å². The number of rotatable bonds is 4. The summed E-state index contributed by atoms with van der Waals surface area (Å²) in [6, 6.07) is 21.1. The van der Waals surface area contributed by atoms with Crippen molar-refractivity contribution >= 4 is 5.97 Å². The maximum absolute atomic E-state index is 12.5. The molecule has 26 heavy (non-hydrogen) atoms. The number of hydrogen-bond donors (Lipinski definition) is 0. The molecule has 2 aromatic rings. The fraction of sp³-hybridized carbons (Fsp3) is 0.375. The van der Waals surface area contributed by atoms with Gasteiger partial charge in [-0.25, -0.2) is 0 Å². The lowest BCUT2D eigenvalue weighted by atomic mass is 9.85. The van der Waals surface area contributed by atoms with Gasteiger partial charge in [0.25, 0.3) is 0 Å². The summed E-state index contributed by atoms with van der Waals surface area (Å²) >= 11 is 0. The minimum Gasteiger partial charge on any atom is -0.430 e. The van der Waals surface area contributed by atoms with Gasteiger partial charge in [-0.3, -0.25) is 4.79 Å². The molecule has 1 aliphatic carbocycles. The van der Waals surface area contributed by atoms with Crippen molar-refractivity contribution in [2.75, 3.05) is 0 Å². The van der Waals surface area contributed by atoms with E-state index < -0.39 is 5.41 Å². The topological polar surface area (TPSA) is 26.3 Å². The van der Waals surface area contributed by atoms with E-state index in [1.807, 2.05) is 46.8 Å². The maximum atomic E-state index is 12.5. The van der Waals surface area contributed by atoms with Gasteiger partial charge >= 0.3 is 5.97 Å². The molecule has 2 heteroatoms. The van der Waals surface area contributed by atoms with Crippen LogP contribution < -0.4 is 0 Å². The highest BCUT2D eigenvalue weighted by molar-refractivity contribution is 5.76. The summed E-state index contributed by atoms with van der Waals surface area (Å²) < 4.78 is 5.94. The van der Waals surface area contributed by atoms with Crippen LogP contribution in [0.5, 0.6) is 0 Å². The smallest absolute Gasteiger partial charge is 0.316 e. The Morgan fingerprint density at radius 2 is 1.38 bits per heavy atom. The monoisotopic (exact) mass is 348 g/mol. The largest absolute Gasteiger partial charge is 0.430 e. The summed E-state index contributed by atoms with van der Waals surface area (Å²) in [4.78, 5) is 12.5. The minimum atomic E-state index is -0.516. The molecule has 1 fully saturated rings. The second-order valence-electron chi connectivity index (χ2n) is 8.46. The molecule has 0 heterocycles. The fourth-order valence-corrected chi connectivity index (χ4v) is 3.63. The van der Waals surface area contributed by atoms with E-state index in [2.05, 4.69) is 48.5 Å². The summed E-state index contributed by atoms with van der Waals surface area (Å²) in [5, 5.41) is 0. The molecule has 136 valence electrons. The molecular weight excluding hydrogens is 320 g/mol. The first-order chi connectivity index (χ1) is 12.3. The van der Waals surface area contributed by atoms with Crippen LogP contribution in [0.25, 0.3) is 0 Å². The lowest BCUT2D eigenvalue weighted by Crippen LogP contribution is -2.24. The molecule has 0 aromatic heterocycles. The van der Waals surface area contributed by atoms with Crippen molar-refractivity contribution in [1.82, 2.24) is 0 Å². The predicted octanol–water partition coefficient (Wildman–Crippen LogP) is 5.88. The Morgan fingerprint density at radius 3 is 1.77 bits per heavy atom. The van der Waals surface area contributed by atoms with Crippen LogP contribution in [0.2, 0.25) is 0 Å². The lowest BCUT2D eigenvalue weighted by molar-refractivity contribution is -0.149. The normalized spacial score (nSPS) is 18.1. The lowest BCUT2D eigenvalue weighted by Gasteiger charge is -2.23. The van der Waals surface area contributed by atoms with Crippen molar-refractivity contribution in [2.24, 2.45) is 11.3 Å². The molecule has 1 unspecified atom stereocenters. The van der Waals surface area contributed by atoms with Crippen LogP contribution in [0.4, 0.5) is 0 Å². The SMILES string of the molecule is CC(C)=C(OC(=O)C(C)(C)C)C1CC1(c1ccccc1)c1ccccc1. The third kappa shape index (κ3) is 3.33. The predicted molar refractivity (Wildman–Crippen MR) is 106 cm³/mol. The van der Waals surface area contributed by atoms with Crippen LogP contribution in [0, 0.1) is 11.3 Å². The zero-order valence-corrected chi connectivity index (χ0v) is 16.4. The van der Waals surface area contributed by atoms with Gasteiger partial charge in [-0.1, -0.05) is 60.7 Å². The van der Waals surface area contributed by atoms with Crippen LogP contribution >= 0.6 is 0 Å². The van der Waals surface area contributed by atoms with Crippen molar-refractivity contribution in [3.05, 3.63) is 83.1 Å². The Balaban J connectivity index is 2.02. The first-order valence-electron chi connectivity index (χ1n) is 9.27. The van der Waals surface area contributed by atoms with Gasteiger partial charge in [-0.2, -0.15) is 0 Å². The number of ether oxygens (including phenoxy) is 1. The van der Waals surface area contributed by atoms with Crippen LogP contribution in [0.3, 0.4) is 0 Å². The van der Waals surface area contributed by atoms with Crippen LogP contribution in [-0.2, 0) is 14.9 Å². The Bertz CT molecular complexity index is 767. The molecule has 0 radical (unpaired) electrons. The van der Waals surface area contributed by atoms with Crippen LogP contribution in [-0.4, -0.2) is 5.97 Å². The highest BCUT2D eigenvalue weighted by Crippen LogP contribution is 2.62. The van der Waals surface area contributed by atoms with E-state index in [9.17, 15) is 4.79 Å². The molecule has 1 saturated carbocycles. The van der Waals surface area contributed by atoms with Gasteiger partial charge in [0, 0.05) is 11.3 Å². The number of allylic oxidation sites excluding steroid dienone is 2. The second-order valence-corrected chi connectivity index (χ2v) is 8.46. The molecule has 0 spiro atoms. The molecular formula is C24H28O2. The number of esters is 1. The zero-order chi connectivity index (χ0) is 18.9. The molecule has 1 aliphatic rings. The van der Waals surface area contributed by atoms with Crippen molar-refractivity contribution in [2.45, 2.75) is 46.5 Å².